The molecule has 1 aromatic heterocycles. The molecule has 0 aliphatic heterocycles. The van der Waals surface area contributed by atoms with E-state index in [0.29, 0.717) is 11.8 Å². The van der Waals surface area contributed by atoms with Crippen LogP contribution in [-0.2, 0) is 7.05 Å². The second-order valence-electron chi connectivity index (χ2n) is 5.47. The first-order valence-corrected chi connectivity index (χ1v) is 7.84. The molecule has 0 spiro atoms. The van der Waals surface area contributed by atoms with Gasteiger partial charge in [-0.1, -0.05) is 0 Å². The lowest BCUT2D eigenvalue weighted by molar-refractivity contribution is -0.708. The second kappa shape index (κ2) is 7.16. The van der Waals surface area contributed by atoms with Crippen molar-refractivity contribution in [3.05, 3.63) is 12.4 Å². The van der Waals surface area contributed by atoms with Gasteiger partial charge in [0.1, 0.15) is 12.4 Å². The molecule has 1 aromatic rings. The number of alkyl halides is 13. The summed E-state index contributed by atoms with van der Waals surface area (Å²) in [6.07, 6.45) is -7.03. The molecule has 0 aliphatic rings. The maximum Gasteiger partial charge on any atom is 0.460 e. The van der Waals surface area contributed by atoms with Crippen molar-refractivity contribution in [1.82, 2.24) is 4.98 Å². The maximum atomic E-state index is 13.5. The van der Waals surface area contributed by atoms with Crippen LogP contribution in [0.5, 0.6) is 0 Å². The van der Waals surface area contributed by atoms with Crippen LogP contribution in [0.25, 0.3) is 0 Å². The molecule has 1 heterocycles. The highest BCUT2D eigenvalue weighted by molar-refractivity contribution is 7.99. The third-order valence-corrected chi connectivity index (χ3v) is 4.57. The zero-order valence-corrected chi connectivity index (χ0v) is 14.2. The van der Waals surface area contributed by atoms with Crippen LogP contribution in [0.4, 0.5) is 57.1 Å². The lowest BCUT2D eigenvalue weighted by atomic mass is 9.93. The van der Waals surface area contributed by atoms with E-state index < -0.39 is 48.0 Å². The Balaban J connectivity index is 3.13. The van der Waals surface area contributed by atoms with E-state index in [1.165, 1.54) is 24.0 Å². The second-order valence-corrected chi connectivity index (χ2v) is 6.56. The Morgan fingerprint density at radius 3 is 1.64 bits per heavy atom. The summed E-state index contributed by atoms with van der Waals surface area (Å²) in [5, 5.41) is 0.0554. The van der Waals surface area contributed by atoms with E-state index in [2.05, 4.69) is 4.98 Å². The van der Waals surface area contributed by atoms with E-state index >= 15 is 0 Å². The van der Waals surface area contributed by atoms with Crippen molar-refractivity contribution >= 4 is 11.8 Å². The molecule has 16 heteroatoms. The summed E-state index contributed by atoms with van der Waals surface area (Å²) in [5.41, 5.74) is 0. The summed E-state index contributed by atoms with van der Waals surface area (Å²) in [5.74, 6) is -37.6. The number of hydrogen-bond acceptors (Lipinski definition) is 1. The average Bonchev–Trinajstić information content (AvgIpc) is 2.90. The highest BCUT2D eigenvalue weighted by Gasteiger charge is 2.90. The minimum absolute atomic E-state index is 0.0554. The predicted molar refractivity (Wildman–Crippen MR) is 68.1 cm³/mol. The molecule has 28 heavy (non-hydrogen) atoms. The van der Waals surface area contributed by atoms with Gasteiger partial charge in [-0.2, -0.15) is 57.1 Å². The highest BCUT2D eigenvalue weighted by atomic mass is 32.2. The number of hydrogen-bond donors (Lipinski definition) is 1. The molecule has 0 unspecified atom stereocenters. The van der Waals surface area contributed by atoms with Crippen LogP contribution >= 0.6 is 11.8 Å². The first kappa shape index (κ1) is 24.7. The minimum atomic E-state index is -7.86. The van der Waals surface area contributed by atoms with Crippen LogP contribution in [-0.4, -0.2) is 46.5 Å². The van der Waals surface area contributed by atoms with Gasteiger partial charge in [0, 0.05) is 12.2 Å². The molecule has 0 bridgehead atoms. The number of H-pyrrole nitrogens is 1. The van der Waals surface area contributed by atoms with Crippen molar-refractivity contribution in [3.8, 4) is 0 Å². The van der Waals surface area contributed by atoms with Crippen LogP contribution in [0.1, 0.15) is 6.42 Å². The third kappa shape index (κ3) is 3.75. The lowest BCUT2D eigenvalue weighted by Gasteiger charge is -2.39. The van der Waals surface area contributed by atoms with Gasteiger partial charge in [-0.25, -0.2) is 9.55 Å². The number of aromatic nitrogens is 2. The molecular formula is C12H10F13N2S+. The van der Waals surface area contributed by atoms with Gasteiger partial charge in [0.05, 0.1) is 7.05 Å². The molecule has 2 nitrogen and oxygen atoms in total. The zero-order chi connectivity index (χ0) is 22.4. The minimum Gasteiger partial charge on any atom is -0.238 e. The Morgan fingerprint density at radius 2 is 1.25 bits per heavy atom. The Labute approximate surface area is 152 Å². The van der Waals surface area contributed by atoms with Gasteiger partial charge in [-0.15, -0.1) is 0 Å². The number of halogens is 13. The summed E-state index contributed by atoms with van der Waals surface area (Å²) in [6, 6.07) is 0. The number of rotatable bonds is 8. The molecule has 0 saturated heterocycles. The van der Waals surface area contributed by atoms with Gasteiger partial charge in [-0.05, 0) is 11.8 Å². The number of thioether (sulfide) groups is 1. The zero-order valence-electron chi connectivity index (χ0n) is 13.3. The Morgan fingerprint density at radius 1 is 0.786 bits per heavy atom. The fourth-order valence-electron chi connectivity index (χ4n) is 1.77. The molecule has 0 aromatic carbocycles. The van der Waals surface area contributed by atoms with Gasteiger partial charge < -0.3 is 0 Å². The lowest BCUT2D eigenvalue weighted by Crippen LogP contribution is -2.70. The van der Waals surface area contributed by atoms with Crippen LogP contribution in [0.15, 0.2) is 17.6 Å². The maximum absolute atomic E-state index is 13.5. The van der Waals surface area contributed by atoms with E-state index in [-0.39, 0.29) is 5.16 Å². The van der Waals surface area contributed by atoms with E-state index in [0.717, 1.165) is 0 Å². The van der Waals surface area contributed by atoms with E-state index in [1.807, 2.05) is 0 Å². The predicted octanol–water partition coefficient (Wildman–Crippen LogP) is 5.06. The molecule has 0 amide bonds. The van der Waals surface area contributed by atoms with E-state index in [9.17, 15) is 57.1 Å². The Kier molecular flexibility index (Phi) is 6.31. The van der Waals surface area contributed by atoms with Crippen molar-refractivity contribution in [2.24, 2.45) is 7.05 Å². The summed E-state index contributed by atoms with van der Waals surface area (Å²) >= 11 is 0.358. The number of nitrogens with one attached hydrogen (secondary N) is 1. The summed E-state index contributed by atoms with van der Waals surface area (Å²) in [7, 11) is 1.36. The van der Waals surface area contributed by atoms with Crippen molar-refractivity contribution < 1.29 is 61.6 Å². The van der Waals surface area contributed by atoms with E-state index in [1.54, 1.807) is 0 Å². The molecule has 0 radical (unpaired) electrons. The Hall–Kier alpha value is -1.35. The largest absolute Gasteiger partial charge is 0.460 e. The van der Waals surface area contributed by atoms with Crippen LogP contribution < -0.4 is 4.57 Å². The normalized spacial score (nSPS) is 15.2. The number of aromatic amines is 1. The molecular weight excluding hydrogens is 451 g/mol. The Bertz CT molecular complexity index is 679. The molecule has 0 aliphatic carbocycles. The van der Waals surface area contributed by atoms with Crippen molar-refractivity contribution in [3.63, 3.8) is 0 Å². The van der Waals surface area contributed by atoms with Crippen molar-refractivity contribution in [2.45, 2.75) is 47.4 Å². The van der Waals surface area contributed by atoms with Crippen LogP contribution in [0, 0.1) is 0 Å². The topological polar surface area (TPSA) is 19.7 Å². The molecule has 1 rings (SSSR count). The van der Waals surface area contributed by atoms with E-state index in [4.69, 9.17) is 0 Å². The fraction of sp³-hybridized carbons (Fsp3) is 0.750. The smallest absolute Gasteiger partial charge is 0.238 e. The SMILES string of the molecule is C[n+]1cc[nH]c1SCCC(F)(F)C(F)(F)C(F)(F)C(F)(F)C(F)(F)C(F)(F)F. The summed E-state index contributed by atoms with van der Waals surface area (Å²) in [4.78, 5) is 2.42. The fourth-order valence-corrected chi connectivity index (χ4v) is 2.74. The number of aryl methyl sites for hydroxylation is 1. The molecule has 0 atom stereocenters. The average molecular weight is 461 g/mol. The van der Waals surface area contributed by atoms with Crippen LogP contribution in [0.3, 0.4) is 0 Å². The highest BCUT2D eigenvalue weighted by Crippen LogP contribution is 2.60. The molecule has 1 N–H and O–H groups in total. The third-order valence-electron chi connectivity index (χ3n) is 3.48. The summed E-state index contributed by atoms with van der Waals surface area (Å²) in [6.45, 7) is 0. The standard InChI is InChI=1S/C12H9F13N2S/c1-27-4-3-26-6(27)28-5-2-7(13,14)8(15,16)9(17,18)10(19,20)11(21,22)12(23,24)25/h3-4H,2,5H2,1H3/p+1. The number of imidazole rings is 1. The van der Waals surface area contributed by atoms with Crippen molar-refractivity contribution in [1.29, 1.82) is 0 Å². The summed E-state index contributed by atoms with van der Waals surface area (Å²) < 4.78 is 169. The molecule has 0 saturated carbocycles. The number of nitrogens with zero attached hydrogens (tertiary/aromatic N) is 1. The van der Waals surface area contributed by atoms with Gasteiger partial charge in [-0.3, -0.25) is 0 Å². The first-order chi connectivity index (χ1) is 12.2. The first-order valence-electron chi connectivity index (χ1n) is 6.85. The van der Waals surface area contributed by atoms with Gasteiger partial charge in [0.2, 0.25) is 0 Å². The molecule has 0 fully saturated rings. The molecule has 164 valence electrons. The monoisotopic (exact) mass is 461 g/mol. The van der Waals surface area contributed by atoms with Crippen molar-refractivity contribution in [2.75, 3.05) is 5.75 Å². The van der Waals surface area contributed by atoms with Gasteiger partial charge >= 0.3 is 40.9 Å². The quantitative estimate of drug-likeness (QED) is 0.326. The van der Waals surface area contributed by atoms with Gasteiger partial charge in [0.15, 0.2) is 0 Å². The van der Waals surface area contributed by atoms with Gasteiger partial charge in [0.25, 0.3) is 0 Å². The van der Waals surface area contributed by atoms with Crippen LogP contribution in [0.2, 0.25) is 0 Å².